The first-order valence-electron chi connectivity index (χ1n) is 2.93. The zero-order chi connectivity index (χ0) is 7.56. The van der Waals surface area contributed by atoms with Crippen LogP contribution in [0, 0.1) is 12.3 Å². The van der Waals surface area contributed by atoms with Crippen LogP contribution in [0.1, 0.15) is 11.3 Å². The SMILES string of the molecule is Cc1oncc1CC(=N)N. The fraction of sp³-hybridized carbons (Fsp3) is 0.333. The van der Waals surface area contributed by atoms with Gasteiger partial charge in [-0.05, 0) is 6.92 Å². The summed E-state index contributed by atoms with van der Waals surface area (Å²) in [4.78, 5) is 0. The summed E-state index contributed by atoms with van der Waals surface area (Å²) in [6, 6.07) is 0. The number of nitrogens with zero attached hydrogens (tertiary/aromatic N) is 1. The molecule has 4 heteroatoms. The summed E-state index contributed by atoms with van der Waals surface area (Å²) in [5.74, 6) is 0.863. The lowest BCUT2D eigenvalue weighted by Crippen LogP contribution is -2.12. The highest BCUT2D eigenvalue weighted by Gasteiger charge is 2.02. The average molecular weight is 139 g/mol. The molecule has 0 unspecified atom stereocenters. The van der Waals surface area contributed by atoms with Crippen molar-refractivity contribution in [3.05, 3.63) is 17.5 Å². The molecule has 0 aromatic carbocycles. The second kappa shape index (κ2) is 2.51. The molecule has 54 valence electrons. The normalized spacial score (nSPS) is 9.70. The van der Waals surface area contributed by atoms with E-state index in [4.69, 9.17) is 15.7 Å². The summed E-state index contributed by atoms with van der Waals surface area (Å²) in [5, 5.41) is 10.5. The van der Waals surface area contributed by atoms with Gasteiger partial charge in [0, 0.05) is 12.0 Å². The van der Waals surface area contributed by atoms with Crippen molar-refractivity contribution in [2.24, 2.45) is 5.73 Å². The van der Waals surface area contributed by atoms with Gasteiger partial charge in [-0.2, -0.15) is 0 Å². The summed E-state index contributed by atoms with van der Waals surface area (Å²) in [5.41, 5.74) is 6.05. The minimum Gasteiger partial charge on any atom is -0.387 e. The van der Waals surface area contributed by atoms with Crippen LogP contribution in [0.2, 0.25) is 0 Å². The predicted molar refractivity (Wildman–Crippen MR) is 36.9 cm³/mol. The molecule has 0 aliphatic heterocycles. The Hall–Kier alpha value is -1.32. The number of nitrogens with two attached hydrogens (primary N) is 1. The van der Waals surface area contributed by atoms with E-state index >= 15 is 0 Å². The van der Waals surface area contributed by atoms with Crippen LogP contribution in [0.5, 0.6) is 0 Å². The predicted octanol–water partition coefficient (Wildman–Crippen LogP) is 0.461. The summed E-state index contributed by atoms with van der Waals surface area (Å²) in [7, 11) is 0. The summed E-state index contributed by atoms with van der Waals surface area (Å²) in [6.45, 7) is 1.80. The van der Waals surface area contributed by atoms with Gasteiger partial charge in [-0.3, -0.25) is 5.41 Å². The molecular weight excluding hydrogens is 130 g/mol. The van der Waals surface area contributed by atoms with Crippen LogP contribution in [0.3, 0.4) is 0 Å². The van der Waals surface area contributed by atoms with Gasteiger partial charge in [0.15, 0.2) is 0 Å². The van der Waals surface area contributed by atoms with E-state index in [1.807, 2.05) is 0 Å². The maximum absolute atomic E-state index is 6.98. The Morgan fingerprint density at radius 1 is 1.90 bits per heavy atom. The number of aromatic nitrogens is 1. The summed E-state index contributed by atoms with van der Waals surface area (Å²) in [6.07, 6.45) is 2.01. The molecule has 0 aliphatic rings. The van der Waals surface area contributed by atoms with Crippen molar-refractivity contribution >= 4 is 5.84 Å². The van der Waals surface area contributed by atoms with Gasteiger partial charge >= 0.3 is 0 Å². The van der Waals surface area contributed by atoms with E-state index in [9.17, 15) is 0 Å². The van der Waals surface area contributed by atoms with E-state index in [0.717, 1.165) is 11.3 Å². The highest BCUT2D eigenvalue weighted by Crippen LogP contribution is 2.05. The fourth-order valence-corrected chi connectivity index (χ4v) is 0.694. The monoisotopic (exact) mass is 139 g/mol. The molecule has 3 N–H and O–H groups in total. The Morgan fingerprint density at radius 2 is 2.60 bits per heavy atom. The van der Waals surface area contributed by atoms with Gasteiger partial charge in [0.1, 0.15) is 5.76 Å². The maximum atomic E-state index is 6.98. The van der Waals surface area contributed by atoms with Gasteiger partial charge in [-0.1, -0.05) is 5.16 Å². The first-order chi connectivity index (χ1) is 4.70. The average Bonchev–Trinajstić information content (AvgIpc) is 2.15. The van der Waals surface area contributed by atoms with Gasteiger partial charge in [0.05, 0.1) is 12.0 Å². The molecule has 0 spiro atoms. The van der Waals surface area contributed by atoms with E-state index < -0.39 is 0 Å². The minimum atomic E-state index is 0.131. The van der Waals surface area contributed by atoms with Crippen LogP contribution in [-0.2, 0) is 6.42 Å². The molecule has 0 bridgehead atoms. The van der Waals surface area contributed by atoms with E-state index in [-0.39, 0.29) is 5.84 Å². The molecule has 10 heavy (non-hydrogen) atoms. The lowest BCUT2D eigenvalue weighted by Gasteiger charge is -1.92. The van der Waals surface area contributed by atoms with E-state index in [1.165, 1.54) is 0 Å². The quantitative estimate of drug-likeness (QED) is 0.461. The molecule has 0 radical (unpaired) electrons. The first kappa shape index (κ1) is 6.80. The Balaban J connectivity index is 2.74. The summed E-state index contributed by atoms with van der Waals surface area (Å²) >= 11 is 0. The molecule has 0 amide bonds. The number of rotatable bonds is 2. The van der Waals surface area contributed by atoms with E-state index in [1.54, 1.807) is 13.1 Å². The molecule has 0 fully saturated rings. The van der Waals surface area contributed by atoms with Crippen molar-refractivity contribution in [3.8, 4) is 0 Å². The molecular formula is C6H9N3O. The standard InChI is InChI=1S/C6H9N3O/c1-4-5(2-6(7)8)3-9-10-4/h3H,2H2,1H3,(H3,7,8). The Labute approximate surface area is 58.5 Å². The second-order valence-electron chi connectivity index (χ2n) is 2.11. The van der Waals surface area contributed by atoms with E-state index in [0.29, 0.717) is 6.42 Å². The molecule has 0 saturated heterocycles. The third kappa shape index (κ3) is 1.34. The topological polar surface area (TPSA) is 75.9 Å². The first-order valence-corrected chi connectivity index (χ1v) is 2.93. The van der Waals surface area contributed by atoms with Crippen molar-refractivity contribution in [2.75, 3.05) is 0 Å². The van der Waals surface area contributed by atoms with Gasteiger partial charge in [0.25, 0.3) is 0 Å². The third-order valence-electron chi connectivity index (χ3n) is 1.23. The van der Waals surface area contributed by atoms with Crippen LogP contribution in [-0.4, -0.2) is 11.0 Å². The number of nitrogens with one attached hydrogen (secondary N) is 1. The smallest absolute Gasteiger partial charge is 0.137 e. The van der Waals surface area contributed by atoms with Crippen molar-refractivity contribution in [1.82, 2.24) is 5.16 Å². The Bertz CT molecular complexity index is 241. The Kier molecular flexibility index (Phi) is 1.71. The zero-order valence-electron chi connectivity index (χ0n) is 5.72. The third-order valence-corrected chi connectivity index (χ3v) is 1.23. The molecule has 0 atom stereocenters. The number of amidine groups is 1. The van der Waals surface area contributed by atoms with Gasteiger partial charge in [-0.15, -0.1) is 0 Å². The van der Waals surface area contributed by atoms with Crippen LogP contribution < -0.4 is 5.73 Å². The lowest BCUT2D eigenvalue weighted by molar-refractivity contribution is 0.396. The number of aryl methyl sites for hydroxylation is 1. The molecule has 4 nitrogen and oxygen atoms in total. The van der Waals surface area contributed by atoms with Crippen molar-refractivity contribution in [1.29, 1.82) is 5.41 Å². The molecule has 1 aromatic heterocycles. The van der Waals surface area contributed by atoms with Gasteiger partial charge < -0.3 is 10.3 Å². The largest absolute Gasteiger partial charge is 0.387 e. The van der Waals surface area contributed by atoms with Crippen molar-refractivity contribution in [2.45, 2.75) is 13.3 Å². The molecule has 0 aliphatic carbocycles. The highest BCUT2D eigenvalue weighted by molar-refractivity contribution is 5.79. The zero-order valence-corrected chi connectivity index (χ0v) is 5.72. The summed E-state index contributed by atoms with van der Waals surface area (Å²) < 4.78 is 4.76. The van der Waals surface area contributed by atoms with E-state index in [2.05, 4.69) is 5.16 Å². The number of hydrogen-bond acceptors (Lipinski definition) is 3. The lowest BCUT2D eigenvalue weighted by atomic mass is 10.2. The molecule has 0 saturated carbocycles. The fourth-order valence-electron chi connectivity index (χ4n) is 0.694. The van der Waals surface area contributed by atoms with Gasteiger partial charge in [-0.25, -0.2) is 0 Å². The minimum absolute atomic E-state index is 0.131. The van der Waals surface area contributed by atoms with Crippen LogP contribution >= 0.6 is 0 Å². The van der Waals surface area contributed by atoms with Crippen LogP contribution in [0.25, 0.3) is 0 Å². The maximum Gasteiger partial charge on any atom is 0.137 e. The molecule has 1 heterocycles. The molecule has 1 aromatic rings. The number of hydrogen-bond donors (Lipinski definition) is 2. The second-order valence-corrected chi connectivity index (χ2v) is 2.11. The van der Waals surface area contributed by atoms with Crippen molar-refractivity contribution < 1.29 is 4.52 Å². The van der Waals surface area contributed by atoms with Gasteiger partial charge in [0.2, 0.25) is 0 Å². The van der Waals surface area contributed by atoms with Crippen molar-refractivity contribution in [3.63, 3.8) is 0 Å². The van der Waals surface area contributed by atoms with Crippen LogP contribution in [0.15, 0.2) is 10.7 Å². The molecule has 1 rings (SSSR count). The Morgan fingerprint density at radius 3 is 3.00 bits per heavy atom. The highest BCUT2D eigenvalue weighted by atomic mass is 16.5. The van der Waals surface area contributed by atoms with Crippen LogP contribution in [0.4, 0.5) is 0 Å².